The highest BCUT2D eigenvalue weighted by Crippen LogP contribution is 2.22. The van der Waals surface area contributed by atoms with Crippen LogP contribution in [0.1, 0.15) is 27.0 Å². The second-order valence-corrected chi connectivity index (χ2v) is 5.31. The van der Waals surface area contributed by atoms with E-state index in [-0.39, 0.29) is 18.1 Å². The SMILES string of the molecule is COC(=O)c1cc(C2=NC3COCC3N2)c(C)cc1C. The smallest absolute Gasteiger partial charge is 0.338 e. The van der Waals surface area contributed by atoms with Crippen LogP contribution in [-0.4, -0.2) is 44.2 Å². The Labute approximate surface area is 118 Å². The summed E-state index contributed by atoms with van der Waals surface area (Å²) in [7, 11) is 1.40. The second-order valence-electron chi connectivity index (χ2n) is 5.31. The standard InChI is InChI=1S/C15H18N2O3/c1-8-4-9(2)11(15(18)19-3)5-10(8)14-16-12-6-20-7-13(12)17-14/h4-5,12-13H,6-7H2,1-3H3,(H,16,17). The lowest BCUT2D eigenvalue weighted by molar-refractivity contribution is 0.0600. The summed E-state index contributed by atoms with van der Waals surface area (Å²) in [6.07, 6.45) is 0. The molecule has 2 heterocycles. The van der Waals surface area contributed by atoms with Gasteiger partial charge in [0.15, 0.2) is 0 Å². The third kappa shape index (κ3) is 2.08. The number of hydrogen-bond acceptors (Lipinski definition) is 5. The number of amidine groups is 1. The summed E-state index contributed by atoms with van der Waals surface area (Å²) in [5.41, 5.74) is 3.57. The lowest BCUT2D eigenvalue weighted by Crippen LogP contribution is -2.34. The Kier molecular flexibility index (Phi) is 3.22. The molecular weight excluding hydrogens is 256 g/mol. The molecule has 2 aliphatic rings. The molecule has 1 saturated heterocycles. The number of esters is 1. The Morgan fingerprint density at radius 2 is 2.15 bits per heavy atom. The summed E-state index contributed by atoms with van der Waals surface area (Å²) in [6, 6.07) is 4.31. The third-order valence-electron chi connectivity index (χ3n) is 3.90. The van der Waals surface area contributed by atoms with Crippen LogP contribution in [0.15, 0.2) is 17.1 Å². The first kappa shape index (κ1) is 13.1. The first-order chi connectivity index (χ1) is 9.60. The quantitative estimate of drug-likeness (QED) is 0.823. The van der Waals surface area contributed by atoms with E-state index in [9.17, 15) is 4.79 Å². The number of nitrogens with one attached hydrogen (secondary N) is 1. The molecule has 106 valence electrons. The lowest BCUT2D eigenvalue weighted by atomic mass is 9.99. The van der Waals surface area contributed by atoms with Crippen molar-refractivity contribution in [2.24, 2.45) is 4.99 Å². The molecule has 0 aromatic heterocycles. The van der Waals surface area contributed by atoms with Gasteiger partial charge in [-0.3, -0.25) is 4.99 Å². The maximum atomic E-state index is 11.8. The molecule has 0 aliphatic carbocycles. The van der Waals surface area contributed by atoms with Crippen LogP contribution in [0.3, 0.4) is 0 Å². The number of aryl methyl sites for hydroxylation is 2. The fraction of sp³-hybridized carbons (Fsp3) is 0.467. The van der Waals surface area contributed by atoms with Gasteiger partial charge in [0.05, 0.1) is 38.0 Å². The van der Waals surface area contributed by atoms with Crippen LogP contribution in [0, 0.1) is 13.8 Å². The van der Waals surface area contributed by atoms with Crippen LogP contribution in [0.5, 0.6) is 0 Å². The summed E-state index contributed by atoms with van der Waals surface area (Å²) in [6.45, 7) is 5.29. The third-order valence-corrected chi connectivity index (χ3v) is 3.90. The zero-order valence-electron chi connectivity index (χ0n) is 11.9. The minimum atomic E-state index is -0.314. The number of ether oxygens (including phenoxy) is 2. The summed E-state index contributed by atoms with van der Waals surface area (Å²) < 4.78 is 10.2. The zero-order chi connectivity index (χ0) is 14.3. The Bertz CT molecular complexity index is 595. The van der Waals surface area contributed by atoms with Gasteiger partial charge in [0, 0.05) is 5.56 Å². The Morgan fingerprint density at radius 1 is 1.35 bits per heavy atom. The van der Waals surface area contributed by atoms with Crippen LogP contribution >= 0.6 is 0 Å². The van der Waals surface area contributed by atoms with Crippen molar-refractivity contribution < 1.29 is 14.3 Å². The number of nitrogens with zero attached hydrogens (tertiary/aromatic N) is 1. The maximum absolute atomic E-state index is 11.8. The molecule has 1 N–H and O–H groups in total. The molecule has 0 saturated carbocycles. The number of fused-ring (bicyclic) bond motifs is 1. The van der Waals surface area contributed by atoms with Crippen molar-refractivity contribution in [3.63, 3.8) is 0 Å². The van der Waals surface area contributed by atoms with Gasteiger partial charge in [0.1, 0.15) is 5.84 Å². The van der Waals surface area contributed by atoms with E-state index in [0.29, 0.717) is 18.8 Å². The monoisotopic (exact) mass is 274 g/mol. The number of carbonyl (C=O) groups excluding carboxylic acids is 1. The van der Waals surface area contributed by atoms with E-state index >= 15 is 0 Å². The number of benzene rings is 1. The normalized spacial score (nSPS) is 24.1. The van der Waals surface area contributed by atoms with Crippen molar-refractivity contribution in [1.82, 2.24) is 5.32 Å². The number of carbonyl (C=O) groups is 1. The van der Waals surface area contributed by atoms with Crippen LogP contribution in [0.25, 0.3) is 0 Å². The highest BCUT2D eigenvalue weighted by atomic mass is 16.5. The zero-order valence-corrected chi connectivity index (χ0v) is 11.9. The van der Waals surface area contributed by atoms with Crippen LogP contribution in [0.2, 0.25) is 0 Å². The largest absolute Gasteiger partial charge is 0.465 e. The highest BCUT2D eigenvalue weighted by Gasteiger charge is 2.34. The van der Waals surface area contributed by atoms with Gasteiger partial charge in [0.25, 0.3) is 0 Å². The Hall–Kier alpha value is -1.88. The lowest BCUT2D eigenvalue weighted by Gasteiger charge is -2.13. The molecule has 3 rings (SSSR count). The number of methoxy groups -OCH3 is 1. The number of rotatable bonds is 2. The molecule has 2 unspecified atom stereocenters. The van der Waals surface area contributed by atoms with Crippen LogP contribution in [0.4, 0.5) is 0 Å². The molecule has 0 radical (unpaired) electrons. The summed E-state index contributed by atoms with van der Waals surface area (Å²) in [5, 5.41) is 3.39. The van der Waals surface area contributed by atoms with Gasteiger partial charge < -0.3 is 14.8 Å². The minimum absolute atomic E-state index is 0.187. The van der Waals surface area contributed by atoms with E-state index < -0.39 is 0 Å². The van der Waals surface area contributed by atoms with E-state index in [1.165, 1.54) is 7.11 Å². The highest BCUT2D eigenvalue weighted by molar-refractivity contribution is 6.04. The summed E-state index contributed by atoms with van der Waals surface area (Å²) in [4.78, 5) is 16.5. The molecule has 2 atom stereocenters. The van der Waals surface area contributed by atoms with Crippen molar-refractivity contribution in [1.29, 1.82) is 0 Å². The van der Waals surface area contributed by atoms with Crippen LogP contribution in [-0.2, 0) is 9.47 Å². The van der Waals surface area contributed by atoms with Crippen molar-refractivity contribution >= 4 is 11.8 Å². The van der Waals surface area contributed by atoms with E-state index in [2.05, 4.69) is 10.3 Å². The minimum Gasteiger partial charge on any atom is -0.465 e. The molecule has 20 heavy (non-hydrogen) atoms. The molecule has 1 aromatic rings. The summed E-state index contributed by atoms with van der Waals surface area (Å²) in [5.74, 6) is 0.539. The van der Waals surface area contributed by atoms with E-state index in [1.54, 1.807) is 0 Å². The molecule has 0 amide bonds. The van der Waals surface area contributed by atoms with Gasteiger partial charge in [-0.2, -0.15) is 0 Å². The summed E-state index contributed by atoms with van der Waals surface area (Å²) >= 11 is 0. The topological polar surface area (TPSA) is 59.9 Å². The van der Waals surface area contributed by atoms with Crippen molar-refractivity contribution in [2.45, 2.75) is 25.9 Å². The average molecular weight is 274 g/mol. The Morgan fingerprint density at radius 3 is 2.85 bits per heavy atom. The van der Waals surface area contributed by atoms with E-state index in [4.69, 9.17) is 9.47 Å². The van der Waals surface area contributed by atoms with Crippen LogP contribution < -0.4 is 5.32 Å². The second kappa shape index (κ2) is 4.90. The molecule has 0 bridgehead atoms. The fourth-order valence-electron chi connectivity index (χ4n) is 2.77. The first-order valence-corrected chi connectivity index (χ1v) is 6.72. The number of hydrogen-bond donors (Lipinski definition) is 1. The first-order valence-electron chi connectivity index (χ1n) is 6.72. The molecule has 1 aromatic carbocycles. The van der Waals surface area contributed by atoms with Gasteiger partial charge in [-0.05, 0) is 31.0 Å². The van der Waals surface area contributed by atoms with E-state index in [0.717, 1.165) is 22.5 Å². The Balaban J connectivity index is 1.99. The molecule has 5 nitrogen and oxygen atoms in total. The maximum Gasteiger partial charge on any atom is 0.338 e. The van der Waals surface area contributed by atoms with Gasteiger partial charge in [-0.1, -0.05) is 6.07 Å². The van der Waals surface area contributed by atoms with E-state index in [1.807, 2.05) is 26.0 Å². The fourth-order valence-corrected chi connectivity index (χ4v) is 2.77. The van der Waals surface area contributed by atoms with Gasteiger partial charge in [-0.15, -0.1) is 0 Å². The molecule has 5 heteroatoms. The van der Waals surface area contributed by atoms with Gasteiger partial charge >= 0.3 is 5.97 Å². The predicted molar refractivity (Wildman–Crippen MR) is 75.3 cm³/mol. The predicted octanol–water partition coefficient (Wildman–Crippen LogP) is 1.21. The number of aliphatic imine (C=N–C) groups is 1. The van der Waals surface area contributed by atoms with Gasteiger partial charge in [0.2, 0.25) is 0 Å². The average Bonchev–Trinajstić information content (AvgIpc) is 2.99. The molecule has 2 aliphatic heterocycles. The molecule has 0 spiro atoms. The van der Waals surface area contributed by atoms with Gasteiger partial charge in [-0.25, -0.2) is 4.79 Å². The molecular formula is C15H18N2O3. The van der Waals surface area contributed by atoms with Crippen molar-refractivity contribution in [3.8, 4) is 0 Å². The molecule has 1 fully saturated rings. The van der Waals surface area contributed by atoms with Crippen molar-refractivity contribution in [3.05, 3.63) is 34.4 Å². The van der Waals surface area contributed by atoms with Crippen molar-refractivity contribution in [2.75, 3.05) is 20.3 Å².